The van der Waals surface area contributed by atoms with Crippen LogP contribution in [-0.4, -0.2) is 23.9 Å². The number of hydrogen-bond donors (Lipinski definition) is 2. The van der Waals surface area contributed by atoms with Crippen molar-refractivity contribution in [3.63, 3.8) is 0 Å². The van der Waals surface area contributed by atoms with Crippen LogP contribution in [0.3, 0.4) is 0 Å². The molecule has 28 heavy (non-hydrogen) atoms. The maximum atomic E-state index is 13.4. The number of anilines is 2. The molecule has 0 saturated heterocycles. The summed E-state index contributed by atoms with van der Waals surface area (Å²) >= 11 is 0. The van der Waals surface area contributed by atoms with Crippen LogP contribution in [0.5, 0.6) is 0 Å². The predicted molar refractivity (Wildman–Crippen MR) is 97.7 cm³/mol. The van der Waals surface area contributed by atoms with E-state index in [1.54, 1.807) is 18.2 Å². The van der Waals surface area contributed by atoms with E-state index in [0.29, 0.717) is 16.8 Å². The average Bonchev–Trinajstić information content (AvgIpc) is 2.66. The highest BCUT2D eigenvalue weighted by Crippen LogP contribution is 2.33. The number of carbonyl (C=O) groups is 3. The van der Waals surface area contributed by atoms with E-state index in [-0.39, 0.29) is 12.1 Å². The molecule has 0 saturated carbocycles. The normalized spacial score (nSPS) is 16.2. The number of benzene rings is 2. The summed E-state index contributed by atoms with van der Waals surface area (Å²) in [6.07, 6.45) is -1.29. The van der Waals surface area contributed by atoms with Crippen molar-refractivity contribution >= 4 is 29.2 Å². The van der Waals surface area contributed by atoms with E-state index < -0.39 is 35.6 Å². The largest absolute Gasteiger partial charge is 0.452 e. The van der Waals surface area contributed by atoms with E-state index >= 15 is 0 Å². The molecule has 142 valence electrons. The zero-order chi connectivity index (χ0) is 20.3. The first kappa shape index (κ1) is 19.0. The lowest BCUT2D eigenvalue weighted by Gasteiger charge is -2.25. The van der Waals surface area contributed by atoms with Crippen molar-refractivity contribution in [3.8, 4) is 6.07 Å². The Kier molecular flexibility index (Phi) is 5.36. The molecule has 0 bridgehead atoms. The van der Waals surface area contributed by atoms with Gasteiger partial charge in [0.1, 0.15) is 5.82 Å². The monoisotopic (exact) mass is 381 g/mol. The Morgan fingerprint density at radius 3 is 2.86 bits per heavy atom. The lowest BCUT2D eigenvalue weighted by Crippen LogP contribution is -2.34. The molecule has 7 nitrogen and oxygen atoms in total. The lowest BCUT2D eigenvalue weighted by atomic mass is 9.90. The fraction of sp³-hybridized carbons (Fsp3) is 0.200. The van der Waals surface area contributed by atoms with Crippen molar-refractivity contribution < 1.29 is 23.5 Å². The van der Waals surface area contributed by atoms with Crippen LogP contribution in [0.15, 0.2) is 42.5 Å². The summed E-state index contributed by atoms with van der Waals surface area (Å²) in [6.45, 7) is 1.40. The first-order chi connectivity index (χ1) is 13.4. The van der Waals surface area contributed by atoms with Gasteiger partial charge in [-0.2, -0.15) is 5.26 Å². The molecule has 0 aromatic heterocycles. The van der Waals surface area contributed by atoms with E-state index in [4.69, 9.17) is 10.00 Å². The van der Waals surface area contributed by atoms with Gasteiger partial charge in [0.25, 0.3) is 5.91 Å². The van der Waals surface area contributed by atoms with Gasteiger partial charge in [0.15, 0.2) is 6.10 Å². The molecule has 1 aliphatic heterocycles. The summed E-state index contributed by atoms with van der Waals surface area (Å²) in [5, 5.41) is 14.0. The number of nitrogens with one attached hydrogen (secondary N) is 2. The predicted octanol–water partition coefficient (Wildman–Crippen LogP) is 2.69. The fourth-order valence-electron chi connectivity index (χ4n) is 2.87. The Hall–Kier alpha value is -3.73. The molecular formula is C20H16FN3O4. The summed E-state index contributed by atoms with van der Waals surface area (Å²) in [4.78, 5) is 36.7. The van der Waals surface area contributed by atoms with Gasteiger partial charge in [0, 0.05) is 17.8 Å². The molecule has 0 radical (unpaired) electrons. The summed E-state index contributed by atoms with van der Waals surface area (Å²) in [5.41, 5.74) is 1.41. The molecule has 0 aliphatic carbocycles. The summed E-state index contributed by atoms with van der Waals surface area (Å²) in [5.74, 6) is -3.24. The van der Waals surface area contributed by atoms with Gasteiger partial charge < -0.3 is 15.4 Å². The molecule has 2 aromatic carbocycles. The van der Waals surface area contributed by atoms with Crippen molar-refractivity contribution in [1.82, 2.24) is 0 Å². The second-order valence-electron chi connectivity index (χ2n) is 6.30. The van der Waals surface area contributed by atoms with Gasteiger partial charge in [0.05, 0.1) is 17.6 Å². The van der Waals surface area contributed by atoms with Crippen molar-refractivity contribution in [2.75, 3.05) is 10.6 Å². The summed E-state index contributed by atoms with van der Waals surface area (Å²) in [6, 6.07) is 12.0. The molecule has 3 rings (SSSR count). The van der Waals surface area contributed by atoms with Gasteiger partial charge in [0.2, 0.25) is 5.91 Å². The molecule has 8 heteroatoms. The third-order valence-corrected chi connectivity index (χ3v) is 4.26. The quantitative estimate of drug-likeness (QED) is 0.792. The van der Waals surface area contributed by atoms with Crippen LogP contribution >= 0.6 is 0 Å². The zero-order valence-electron chi connectivity index (χ0n) is 14.9. The third kappa shape index (κ3) is 4.15. The van der Waals surface area contributed by atoms with E-state index in [0.717, 1.165) is 6.07 Å². The molecule has 1 heterocycles. The van der Waals surface area contributed by atoms with Gasteiger partial charge in [-0.25, -0.2) is 4.39 Å². The number of fused-ring (bicyclic) bond motifs is 1. The Morgan fingerprint density at radius 1 is 1.32 bits per heavy atom. The first-order valence-corrected chi connectivity index (χ1v) is 8.48. The first-order valence-electron chi connectivity index (χ1n) is 8.48. The third-order valence-electron chi connectivity index (χ3n) is 4.26. The minimum absolute atomic E-state index is 0.157. The van der Waals surface area contributed by atoms with Gasteiger partial charge in [-0.05, 0) is 42.8 Å². The molecule has 2 unspecified atom stereocenters. The molecule has 2 amide bonds. The van der Waals surface area contributed by atoms with Crippen LogP contribution in [0.25, 0.3) is 0 Å². The highest BCUT2D eigenvalue weighted by Gasteiger charge is 2.33. The van der Waals surface area contributed by atoms with Gasteiger partial charge in [-0.15, -0.1) is 0 Å². The van der Waals surface area contributed by atoms with Crippen LogP contribution < -0.4 is 10.6 Å². The Morgan fingerprint density at radius 2 is 2.11 bits per heavy atom. The highest BCUT2D eigenvalue weighted by molar-refractivity contribution is 6.01. The molecule has 2 N–H and O–H groups in total. The van der Waals surface area contributed by atoms with Crippen LogP contribution in [0.4, 0.5) is 15.8 Å². The van der Waals surface area contributed by atoms with Crippen LogP contribution in [0.1, 0.15) is 30.4 Å². The Labute approximate surface area is 160 Å². The summed E-state index contributed by atoms with van der Waals surface area (Å²) < 4.78 is 18.6. The van der Waals surface area contributed by atoms with Crippen LogP contribution in [0.2, 0.25) is 0 Å². The minimum Gasteiger partial charge on any atom is -0.452 e. The van der Waals surface area contributed by atoms with Gasteiger partial charge >= 0.3 is 5.97 Å². The molecular weight excluding hydrogens is 365 g/mol. The maximum Gasteiger partial charge on any atom is 0.314 e. The number of hydrogen-bond acceptors (Lipinski definition) is 5. The number of amides is 2. The Balaban J connectivity index is 1.69. The SMILES string of the molecule is CC(OC(=O)C1CC(=O)Nc2cc(F)ccc21)C(=O)Nc1cccc(C#N)c1. The van der Waals surface area contributed by atoms with Crippen molar-refractivity contribution in [2.45, 2.75) is 25.4 Å². The number of carbonyl (C=O) groups excluding carboxylic acids is 3. The van der Waals surface area contributed by atoms with E-state index in [9.17, 15) is 18.8 Å². The number of ether oxygens (including phenoxy) is 1. The smallest absolute Gasteiger partial charge is 0.314 e. The van der Waals surface area contributed by atoms with Gasteiger partial charge in [-0.3, -0.25) is 14.4 Å². The molecule has 2 aromatic rings. The zero-order valence-corrected chi connectivity index (χ0v) is 14.9. The fourth-order valence-corrected chi connectivity index (χ4v) is 2.87. The lowest BCUT2D eigenvalue weighted by molar-refractivity contribution is -0.155. The number of rotatable bonds is 4. The number of nitrogens with zero attached hydrogens (tertiary/aromatic N) is 1. The summed E-state index contributed by atoms with van der Waals surface area (Å²) in [7, 11) is 0. The average molecular weight is 381 g/mol. The van der Waals surface area contributed by atoms with Crippen molar-refractivity contribution in [1.29, 1.82) is 5.26 Å². The van der Waals surface area contributed by atoms with Crippen LogP contribution in [0, 0.1) is 17.1 Å². The number of nitriles is 1. The van der Waals surface area contributed by atoms with E-state index in [1.165, 1.54) is 25.1 Å². The topological polar surface area (TPSA) is 108 Å². The number of halogens is 1. The van der Waals surface area contributed by atoms with E-state index in [2.05, 4.69) is 10.6 Å². The molecule has 0 fully saturated rings. The van der Waals surface area contributed by atoms with Crippen molar-refractivity contribution in [3.05, 3.63) is 59.4 Å². The standard InChI is InChI=1S/C20H16FN3O4/c1-11(19(26)23-14-4-2-3-12(7-14)10-22)28-20(27)16-9-18(25)24-17-8-13(21)5-6-15(16)17/h2-8,11,16H,9H2,1H3,(H,23,26)(H,24,25). The van der Waals surface area contributed by atoms with Gasteiger partial charge in [-0.1, -0.05) is 12.1 Å². The molecule has 0 spiro atoms. The van der Waals surface area contributed by atoms with E-state index in [1.807, 2.05) is 6.07 Å². The van der Waals surface area contributed by atoms with Crippen LogP contribution in [-0.2, 0) is 19.1 Å². The highest BCUT2D eigenvalue weighted by atomic mass is 19.1. The minimum atomic E-state index is -1.13. The maximum absolute atomic E-state index is 13.4. The molecule has 2 atom stereocenters. The second kappa shape index (κ2) is 7.88. The van der Waals surface area contributed by atoms with Crippen molar-refractivity contribution in [2.24, 2.45) is 0 Å². The second-order valence-corrected chi connectivity index (χ2v) is 6.30. The number of esters is 1. The molecule has 1 aliphatic rings. The Bertz CT molecular complexity index is 999.